The van der Waals surface area contributed by atoms with Crippen LogP contribution in [0.4, 0.5) is 0 Å². The maximum absolute atomic E-state index is 5.71. The second-order valence-corrected chi connectivity index (χ2v) is 4.59. The molecule has 1 atom stereocenters. The number of hydrogen-bond acceptors (Lipinski definition) is 4. The number of rotatable bonds is 6. The molecule has 0 bridgehead atoms. The minimum absolute atomic E-state index is 0.0509. The summed E-state index contributed by atoms with van der Waals surface area (Å²) in [5.74, 6) is 6.43. The topological polar surface area (TPSA) is 65.1 Å². The predicted octanol–water partition coefficient (Wildman–Crippen LogP) is 1.18. The lowest BCUT2D eigenvalue weighted by atomic mass is 10.1. The quantitative estimate of drug-likeness (QED) is 0.605. The number of benzene rings is 1. The Labute approximate surface area is 113 Å². The van der Waals surface area contributed by atoms with Crippen LogP contribution < -0.4 is 16.0 Å². The van der Waals surface area contributed by atoms with E-state index in [-0.39, 0.29) is 6.04 Å². The van der Waals surface area contributed by atoms with Gasteiger partial charge in [0.1, 0.15) is 12.4 Å². The second-order valence-electron chi connectivity index (χ2n) is 4.59. The molecule has 0 aliphatic rings. The number of hydrazine groups is 1. The third kappa shape index (κ3) is 3.81. The average Bonchev–Trinajstić information content (AvgIpc) is 2.74. The van der Waals surface area contributed by atoms with Crippen molar-refractivity contribution in [2.75, 3.05) is 6.61 Å². The Morgan fingerprint density at radius 3 is 2.68 bits per heavy atom. The molecule has 0 fully saturated rings. The largest absolute Gasteiger partial charge is 0.492 e. The Hall–Kier alpha value is -1.85. The zero-order valence-corrected chi connectivity index (χ0v) is 11.3. The molecule has 0 saturated heterocycles. The molecule has 0 saturated carbocycles. The van der Waals surface area contributed by atoms with Crippen molar-refractivity contribution in [2.45, 2.75) is 19.4 Å². The van der Waals surface area contributed by atoms with E-state index in [9.17, 15) is 0 Å². The molecule has 2 rings (SSSR count). The molecule has 1 unspecified atom stereocenters. The Kier molecular flexibility index (Phi) is 4.54. The number of nitrogens with two attached hydrogens (primary N) is 1. The molecule has 3 N–H and O–H groups in total. The average molecular weight is 260 g/mol. The first-order valence-corrected chi connectivity index (χ1v) is 6.32. The van der Waals surface area contributed by atoms with Crippen LogP contribution >= 0.6 is 0 Å². The molecular weight excluding hydrogens is 240 g/mol. The van der Waals surface area contributed by atoms with Gasteiger partial charge in [-0.1, -0.05) is 18.2 Å². The highest BCUT2D eigenvalue weighted by Gasteiger charge is 2.12. The molecule has 2 aromatic rings. The van der Waals surface area contributed by atoms with Gasteiger partial charge in [-0.15, -0.1) is 0 Å². The van der Waals surface area contributed by atoms with Crippen molar-refractivity contribution in [3.63, 3.8) is 0 Å². The molecule has 0 radical (unpaired) electrons. The molecule has 0 aliphatic carbocycles. The van der Waals surface area contributed by atoms with Gasteiger partial charge in [-0.05, 0) is 25.1 Å². The van der Waals surface area contributed by atoms with E-state index >= 15 is 0 Å². The van der Waals surface area contributed by atoms with Gasteiger partial charge in [0.15, 0.2) is 0 Å². The highest BCUT2D eigenvalue weighted by atomic mass is 16.5. The van der Waals surface area contributed by atoms with Gasteiger partial charge < -0.3 is 4.74 Å². The van der Waals surface area contributed by atoms with Crippen molar-refractivity contribution in [1.82, 2.24) is 15.2 Å². The monoisotopic (exact) mass is 260 g/mol. The fourth-order valence-corrected chi connectivity index (χ4v) is 1.99. The third-order valence-corrected chi connectivity index (χ3v) is 2.98. The summed E-state index contributed by atoms with van der Waals surface area (Å²) in [4.78, 5) is 0. The number of aromatic nitrogens is 2. The molecule has 1 aromatic carbocycles. The van der Waals surface area contributed by atoms with E-state index in [1.807, 2.05) is 49.0 Å². The summed E-state index contributed by atoms with van der Waals surface area (Å²) in [5, 5.41) is 4.32. The van der Waals surface area contributed by atoms with Crippen LogP contribution in [0, 0.1) is 6.92 Å². The molecule has 1 aromatic heterocycles. The van der Waals surface area contributed by atoms with Crippen molar-refractivity contribution < 1.29 is 4.74 Å². The van der Waals surface area contributed by atoms with Gasteiger partial charge >= 0.3 is 0 Å². The summed E-state index contributed by atoms with van der Waals surface area (Å²) in [5.41, 5.74) is 4.94. The Bertz CT molecular complexity index is 509. The van der Waals surface area contributed by atoms with Crippen LogP contribution in [0.5, 0.6) is 5.75 Å². The maximum Gasteiger partial charge on any atom is 0.119 e. The first-order chi connectivity index (χ1) is 9.19. The molecule has 0 spiro atoms. The lowest BCUT2D eigenvalue weighted by Gasteiger charge is -2.16. The van der Waals surface area contributed by atoms with E-state index < -0.39 is 0 Å². The zero-order chi connectivity index (χ0) is 13.7. The number of aryl methyl sites for hydroxylation is 2. The van der Waals surface area contributed by atoms with Crippen LogP contribution in [0.15, 0.2) is 36.4 Å². The first-order valence-electron chi connectivity index (χ1n) is 6.32. The van der Waals surface area contributed by atoms with E-state index in [2.05, 4.69) is 16.6 Å². The molecule has 5 heteroatoms. The van der Waals surface area contributed by atoms with Crippen molar-refractivity contribution in [2.24, 2.45) is 12.9 Å². The smallest absolute Gasteiger partial charge is 0.119 e. The predicted molar refractivity (Wildman–Crippen MR) is 74.7 cm³/mol. The zero-order valence-electron chi connectivity index (χ0n) is 11.3. The molecule has 19 heavy (non-hydrogen) atoms. The summed E-state index contributed by atoms with van der Waals surface area (Å²) >= 11 is 0. The molecule has 5 nitrogen and oxygen atoms in total. The second kappa shape index (κ2) is 6.36. The van der Waals surface area contributed by atoms with Crippen molar-refractivity contribution >= 4 is 0 Å². The van der Waals surface area contributed by atoms with E-state index in [1.165, 1.54) is 0 Å². The lowest BCUT2D eigenvalue weighted by Crippen LogP contribution is -2.41. The molecule has 0 aliphatic heterocycles. The highest BCUT2D eigenvalue weighted by molar-refractivity contribution is 5.21. The van der Waals surface area contributed by atoms with Gasteiger partial charge in [0.25, 0.3) is 0 Å². The van der Waals surface area contributed by atoms with Gasteiger partial charge in [-0.3, -0.25) is 16.0 Å². The van der Waals surface area contributed by atoms with Crippen LogP contribution in [-0.4, -0.2) is 22.4 Å². The minimum Gasteiger partial charge on any atom is -0.492 e. The van der Waals surface area contributed by atoms with Gasteiger partial charge in [0.2, 0.25) is 0 Å². The number of hydrogen-bond donors (Lipinski definition) is 2. The fourth-order valence-electron chi connectivity index (χ4n) is 1.99. The van der Waals surface area contributed by atoms with Crippen LogP contribution in [0.25, 0.3) is 0 Å². The van der Waals surface area contributed by atoms with Crippen molar-refractivity contribution in [3.8, 4) is 5.75 Å². The van der Waals surface area contributed by atoms with Gasteiger partial charge in [0.05, 0.1) is 11.7 Å². The van der Waals surface area contributed by atoms with Crippen LogP contribution in [0.3, 0.4) is 0 Å². The van der Waals surface area contributed by atoms with E-state index in [1.54, 1.807) is 0 Å². The summed E-state index contributed by atoms with van der Waals surface area (Å²) in [6, 6.07) is 11.8. The number of nitrogens with zero attached hydrogens (tertiary/aromatic N) is 2. The normalized spacial score (nSPS) is 12.4. The van der Waals surface area contributed by atoms with Gasteiger partial charge in [0, 0.05) is 19.2 Å². The SMILES string of the molecule is Cc1cc(CC(COc2ccccc2)NN)n(C)n1. The number of ether oxygens (including phenoxy) is 1. The third-order valence-electron chi connectivity index (χ3n) is 2.98. The first kappa shape index (κ1) is 13.6. The van der Waals surface area contributed by atoms with E-state index in [4.69, 9.17) is 10.6 Å². The molecule has 102 valence electrons. The fraction of sp³-hybridized carbons (Fsp3) is 0.357. The lowest BCUT2D eigenvalue weighted by molar-refractivity contribution is 0.262. The van der Waals surface area contributed by atoms with E-state index in [0.717, 1.165) is 23.6 Å². The summed E-state index contributed by atoms with van der Waals surface area (Å²) in [6.07, 6.45) is 0.778. The van der Waals surface area contributed by atoms with Crippen molar-refractivity contribution in [1.29, 1.82) is 0 Å². The molecular formula is C14H20N4O. The maximum atomic E-state index is 5.71. The summed E-state index contributed by atoms with van der Waals surface area (Å²) in [7, 11) is 1.94. The van der Waals surface area contributed by atoms with Crippen LogP contribution in [-0.2, 0) is 13.5 Å². The van der Waals surface area contributed by atoms with Gasteiger partial charge in [-0.2, -0.15) is 5.10 Å². The van der Waals surface area contributed by atoms with Crippen molar-refractivity contribution in [3.05, 3.63) is 47.8 Å². The van der Waals surface area contributed by atoms with Crippen LogP contribution in [0.2, 0.25) is 0 Å². The molecule has 0 amide bonds. The summed E-state index contributed by atoms with van der Waals surface area (Å²) in [6.45, 7) is 2.50. The Morgan fingerprint density at radius 1 is 1.37 bits per heavy atom. The highest BCUT2D eigenvalue weighted by Crippen LogP contribution is 2.10. The van der Waals surface area contributed by atoms with E-state index in [0.29, 0.717) is 6.61 Å². The molecule has 1 heterocycles. The summed E-state index contributed by atoms with van der Waals surface area (Å²) < 4.78 is 7.58. The minimum atomic E-state index is 0.0509. The number of para-hydroxylation sites is 1. The Balaban J connectivity index is 1.92. The standard InChI is InChI=1S/C14H20N4O/c1-11-8-13(18(2)17-11)9-12(16-15)10-19-14-6-4-3-5-7-14/h3-8,12,16H,9-10,15H2,1-2H3. The van der Waals surface area contributed by atoms with Gasteiger partial charge in [-0.25, -0.2) is 0 Å². The van der Waals surface area contributed by atoms with Crippen LogP contribution in [0.1, 0.15) is 11.4 Å². The number of nitrogens with one attached hydrogen (secondary N) is 1. The Morgan fingerprint density at radius 2 is 2.11 bits per heavy atom.